The first-order chi connectivity index (χ1) is 8.20. The minimum Gasteiger partial charge on any atom is -0.260 e. The third-order valence-corrected chi connectivity index (χ3v) is 3.64. The molecule has 1 heterocycles. The fraction of sp³-hybridized carbons (Fsp3) is 0.533. The zero-order valence-electron chi connectivity index (χ0n) is 11.3. The Morgan fingerprint density at radius 3 is 2.65 bits per heavy atom. The number of rotatable bonds is 1. The van der Waals surface area contributed by atoms with E-state index in [0.29, 0.717) is 0 Å². The summed E-state index contributed by atoms with van der Waals surface area (Å²) >= 11 is 3.49. The van der Waals surface area contributed by atoms with Gasteiger partial charge in [0.15, 0.2) is 0 Å². The molecule has 0 saturated heterocycles. The summed E-state index contributed by atoms with van der Waals surface area (Å²) in [5.74, 6) is 0. The molecule has 1 aliphatic rings. The van der Waals surface area contributed by atoms with E-state index in [1.54, 1.807) is 11.1 Å². The van der Waals surface area contributed by atoms with Gasteiger partial charge in [0.05, 0.1) is 0 Å². The summed E-state index contributed by atoms with van der Waals surface area (Å²) in [5, 5.41) is 0. The molecule has 0 aliphatic heterocycles. The Kier molecular flexibility index (Phi) is 5.90. The zero-order valence-corrected chi connectivity index (χ0v) is 12.9. The van der Waals surface area contributed by atoms with Crippen molar-refractivity contribution in [1.29, 1.82) is 0 Å². The molecule has 0 saturated carbocycles. The normalized spacial score (nSPS) is 14.6. The van der Waals surface area contributed by atoms with Crippen molar-refractivity contribution in [2.45, 2.75) is 53.4 Å². The van der Waals surface area contributed by atoms with Crippen molar-refractivity contribution in [2.75, 3.05) is 0 Å². The molecule has 0 spiro atoms. The van der Waals surface area contributed by atoms with E-state index in [-0.39, 0.29) is 0 Å². The average Bonchev–Trinajstić information content (AvgIpc) is 2.51. The van der Waals surface area contributed by atoms with Gasteiger partial charge in [0, 0.05) is 22.8 Å². The first-order valence-corrected chi connectivity index (χ1v) is 7.30. The van der Waals surface area contributed by atoms with E-state index in [1.165, 1.54) is 17.7 Å². The van der Waals surface area contributed by atoms with E-state index in [4.69, 9.17) is 0 Å². The van der Waals surface area contributed by atoms with Crippen LogP contribution in [0.3, 0.4) is 0 Å². The first-order valence-electron chi connectivity index (χ1n) is 6.51. The first kappa shape index (κ1) is 14.4. The monoisotopic (exact) mass is 295 g/mol. The summed E-state index contributed by atoms with van der Waals surface area (Å²) in [4.78, 5) is 4.53. The minimum absolute atomic E-state index is 1.05. The van der Waals surface area contributed by atoms with Crippen LogP contribution in [0.5, 0.6) is 0 Å². The Morgan fingerprint density at radius 1 is 1.29 bits per heavy atom. The van der Waals surface area contributed by atoms with Crippen LogP contribution in [0.25, 0.3) is 0 Å². The Balaban J connectivity index is 0.000000686. The maximum absolute atomic E-state index is 4.53. The van der Waals surface area contributed by atoms with Gasteiger partial charge in [-0.2, -0.15) is 0 Å². The van der Waals surface area contributed by atoms with Crippen LogP contribution >= 0.6 is 15.9 Å². The van der Waals surface area contributed by atoms with Gasteiger partial charge in [0.1, 0.15) is 0 Å². The van der Waals surface area contributed by atoms with E-state index in [0.717, 1.165) is 23.7 Å². The van der Waals surface area contributed by atoms with Crippen LogP contribution in [0, 0.1) is 0 Å². The molecule has 0 unspecified atom stereocenters. The van der Waals surface area contributed by atoms with E-state index < -0.39 is 0 Å². The van der Waals surface area contributed by atoms with Crippen LogP contribution in [0.4, 0.5) is 0 Å². The maximum atomic E-state index is 4.53. The molecule has 2 heteroatoms. The van der Waals surface area contributed by atoms with Gasteiger partial charge in [-0.1, -0.05) is 31.9 Å². The Morgan fingerprint density at radius 2 is 2.00 bits per heavy atom. The molecular formula is C15H22BrN. The van der Waals surface area contributed by atoms with Crippen LogP contribution in [0.15, 0.2) is 27.9 Å². The molecule has 17 heavy (non-hydrogen) atoms. The molecule has 2 rings (SSSR count). The third-order valence-electron chi connectivity index (χ3n) is 3.21. The Hall–Kier alpha value is -0.630. The largest absolute Gasteiger partial charge is 0.260 e. The molecule has 94 valence electrons. The highest BCUT2D eigenvalue weighted by Gasteiger charge is 2.13. The summed E-state index contributed by atoms with van der Waals surface area (Å²) < 4.78 is 1.10. The summed E-state index contributed by atoms with van der Waals surface area (Å²) in [6.45, 7) is 8.50. The fourth-order valence-corrected chi connectivity index (χ4v) is 2.54. The van der Waals surface area contributed by atoms with Crippen molar-refractivity contribution in [3.63, 3.8) is 0 Å². The SMILES string of the molecule is CC.CCC1=C(C)CCc2cc(Br)cnc2C1. The summed E-state index contributed by atoms with van der Waals surface area (Å²) in [6, 6.07) is 2.22. The lowest BCUT2D eigenvalue weighted by Crippen LogP contribution is -1.97. The van der Waals surface area contributed by atoms with Gasteiger partial charge in [0.25, 0.3) is 0 Å². The van der Waals surface area contributed by atoms with Crippen molar-refractivity contribution >= 4 is 15.9 Å². The van der Waals surface area contributed by atoms with Gasteiger partial charge in [-0.15, -0.1) is 0 Å². The van der Waals surface area contributed by atoms with Crippen LogP contribution in [-0.4, -0.2) is 4.98 Å². The molecule has 1 aromatic rings. The quantitative estimate of drug-likeness (QED) is 0.658. The number of pyridine rings is 1. The second-order valence-electron chi connectivity index (χ2n) is 4.17. The van der Waals surface area contributed by atoms with Gasteiger partial charge >= 0.3 is 0 Å². The zero-order chi connectivity index (χ0) is 12.8. The molecule has 0 radical (unpaired) electrons. The molecule has 1 aliphatic carbocycles. The van der Waals surface area contributed by atoms with E-state index in [2.05, 4.69) is 40.8 Å². The van der Waals surface area contributed by atoms with E-state index >= 15 is 0 Å². The number of halogens is 1. The topological polar surface area (TPSA) is 12.9 Å². The highest BCUT2D eigenvalue weighted by Crippen LogP contribution is 2.26. The summed E-state index contributed by atoms with van der Waals surface area (Å²) in [5.41, 5.74) is 5.81. The van der Waals surface area contributed by atoms with Crippen molar-refractivity contribution in [3.8, 4) is 0 Å². The third kappa shape index (κ3) is 3.67. The molecule has 1 nitrogen and oxygen atoms in total. The second kappa shape index (κ2) is 6.95. The Bertz CT molecular complexity index is 407. The molecule has 1 aromatic heterocycles. The van der Waals surface area contributed by atoms with Gasteiger partial charge in [-0.3, -0.25) is 4.98 Å². The van der Waals surface area contributed by atoms with Gasteiger partial charge in [-0.25, -0.2) is 0 Å². The number of allylic oxidation sites excluding steroid dienone is 2. The van der Waals surface area contributed by atoms with Crippen molar-refractivity contribution in [3.05, 3.63) is 39.1 Å². The molecule has 0 amide bonds. The number of nitrogens with zero attached hydrogens (tertiary/aromatic N) is 1. The van der Waals surface area contributed by atoms with Crippen LogP contribution in [0.2, 0.25) is 0 Å². The van der Waals surface area contributed by atoms with Crippen LogP contribution < -0.4 is 0 Å². The molecule has 0 N–H and O–H groups in total. The number of aryl methyl sites for hydroxylation is 1. The predicted molar refractivity (Wildman–Crippen MR) is 78.3 cm³/mol. The number of hydrogen-bond acceptors (Lipinski definition) is 1. The summed E-state index contributed by atoms with van der Waals surface area (Å²) in [7, 11) is 0. The maximum Gasteiger partial charge on any atom is 0.0477 e. The van der Waals surface area contributed by atoms with Crippen LogP contribution in [0.1, 0.15) is 51.8 Å². The number of aromatic nitrogens is 1. The Labute approximate surface area is 113 Å². The molecule has 0 bridgehead atoms. The predicted octanol–water partition coefficient (Wildman–Crippen LogP) is 5.09. The average molecular weight is 296 g/mol. The standard InChI is InChI=1S/C13H16BrN.C2H6/c1-3-10-7-13-11(5-4-9(10)2)6-12(14)8-15-13;1-2/h6,8H,3-5,7H2,1-2H3;1-2H3. The van der Waals surface area contributed by atoms with Crippen molar-refractivity contribution in [1.82, 2.24) is 4.98 Å². The summed E-state index contributed by atoms with van der Waals surface area (Å²) in [6.07, 6.45) is 6.44. The van der Waals surface area contributed by atoms with Gasteiger partial charge in [0.2, 0.25) is 0 Å². The number of hydrogen-bond donors (Lipinski definition) is 0. The van der Waals surface area contributed by atoms with Gasteiger partial charge < -0.3 is 0 Å². The molecule has 0 fully saturated rings. The lowest BCUT2D eigenvalue weighted by atomic mass is 10.0. The van der Waals surface area contributed by atoms with Crippen LogP contribution in [-0.2, 0) is 12.8 Å². The van der Waals surface area contributed by atoms with E-state index in [1.807, 2.05) is 20.0 Å². The van der Waals surface area contributed by atoms with Gasteiger partial charge in [-0.05, 0) is 53.7 Å². The smallest absolute Gasteiger partial charge is 0.0477 e. The molecule has 0 aromatic carbocycles. The highest BCUT2D eigenvalue weighted by molar-refractivity contribution is 9.10. The minimum atomic E-state index is 1.05. The fourth-order valence-electron chi connectivity index (χ4n) is 2.16. The molecule has 0 atom stereocenters. The number of fused-ring (bicyclic) bond motifs is 1. The lowest BCUT2D eigenvalue weighted by Gasteiger charge is -2.06. The second-order valence-corrected chi connectivity index (χ2v) is 5.09. The van der Waals surface area contributed by atoms with Crippen molar-refractivity contribution < 1.29 is 0 Å². The van der Waals surface area contributed by atoms with E-state index in [9.17, 15) is 0 Å². The molecular weight excluding hydrogens is 274 g/mol. The van der Waals surface area contributed by atoms with Crippen molar-refractivity contribution in [2.24, 2.45) is 0 Å². The lowest BCUT2D eigenvalue weighted by molar-refractivity contribution is 0.917. The highest BCUT2D eigenvalue weighted by atomic mass is 79.9.